The fourth-order valence-electron chi connectivity index (χ4n) is 1.28. The molecule has 1 aromatic rings. The zero-order valence-corrected chi connectivity index (χ0v) is 10.2. The van der Waals surface area contributed by atoms with Gasteiger partial charge in [0.05, 0.1) is 11.4 Å². The summed E-state index contributed by atoms with van der Waals surface area (Å²) in [6.07, 6.45) is 0.208. The van der Waals surface area contributed by atoms with Crippen molar-refractivity contribution in [3.63, 3.8) is 0 Å². The Bertz CT molecular complexity index is 341. The van der Waals surface area contributed by atoms with Crippen molar-refractivity contribution in [1.82, 2.24) is 0 Å². The van der Waals surface area contributed by atoms with Gasteiger partial charge in [-0.2, -0.15) is 0 Å². The van der Waals surface area contributed by atoms with Gasteiger partial charge in [0.15, 0.2) is 0 Å². The molecule has 0 aliphatic carbocycles. The Morgan fingerprint density at radius 3 is 2.62 bits per heavy atom. The van der Waals surface area contributed by atoms with Gasteiger partial charge in [0.1, 0.15) is 6.10 Å². The third-order valence-corrected chi connectivity index (χ3v) is 2.17. The van der Waals surface area contributed by atoms with Crippen LogP contribution >= 0.6 is 12.4 Å². The van der Waals surface area contributed by atoms with E-state index in [0.29, 0.717) is 17.8 Å². The topological polar surface area (TPSA) is 64.3 Å². The number of ether oxygens (including phenoxy) is 1. The SMILES string of the molecule is CCC(OC)C(=O)Nc1ccccc1N.Cl. The summed E-state index contributed by atoms with van der Waals surface area (Å²) in [4.78, 5) is 11.6. The smallest absolute Gasteiger partial charge is 0.253 e. The highest BCUT2D eigenvalue weighted by Crippen LogP contribution is 2.17. The Balaban J connectivity index is 0.00000225. The van der Waals surface area contributed by atoms with Gasteiger partial charge in [-0.1, -0.05) is 19.1 Å². The van der Waals surface area contributed by atoms with Crippen molar-refractivity contribution >= 4 is 29.7 Å². The maximum Gasteiger partial charge on any atom is 0.253 e. The van der Waals surface area contributed by atoms with E-state index in [9.17, 15) is 4.79 Å². The van der Waals surface area contributed by atoms with E-state index in [1.165, 1.54) is 7.11 Å². The van der Waals surface area contributed by atoms with E-state index in [1.54, 1.807) is 12.1 Å². The van der Waals surface area contributed by atoms with Crippen LogP contribution in [0.3, 0.4) is 0 Å². The molecule has 0 fully saturated rings. The number of amides is 1. The number of para-hydroxylation sites is 2. The Kier molecular flexibility index (Phi) is 6.53. The second-order valence-electron chi connectivity index (χ2n) is 3.21. The minimum atomic E-state index is -0.426. The van der Waals surface area contributed by atoms with Crippen LogP contribution in [0, 0.1) is 0 Å². The van der Waals surface area contributed by atoms with Crippen molar-refractivity contribution in [2.24, 2.45) is 0 Å². The molecule has 1 rings (SSSR count). The Morgan fingerprint density at radius 1 is 1.50 bits per heavy atom. The van der Waals surface area contributed by atoms with E-state index >= 15 is 0 Å². The number of hydrogen-bond acceptors (Lipinski definition) is 3. The van der Waals surface area contributed by atoms with E-state index < -0.39 is 6.10 Å². The van der Waals surface area contributed by atoms with Crippen LogP contribution < -0.4 is 11.1 Å². The highest BCUT2D eigenvalue weighted by molar-refractivity contribution is 5.96. The van der Waals surface area contributed by atoms with E-state index in [2.05, 4.69) is 5.32 Å². The molecule has 0 aliphatic rings. The molecule has 0 saturated carbocycles. The fraction of sp³-hybridized carbons (Fsp3) is 0.364. The molecule has 5 heteroatoms. The molecule has 16 heavy (non-hydrogen) atoms. The van der Waals surface area contributed by atoms with Crippen LogP contribution in [0.15, 0.2) is 24.3 Å². The first-order valence-electron chi connectivity index (χ1n) is 4.87. The Hall–Kier alpha value is -1.26. The van der Waals surface area contributed by atoms with Crippen molar-refractivity contribution in [1.29, 1.82) is 0 Å². The normalized spacial score (nSPS) is 11.4. The molecular formula is C11H17ClN2O2. The molecule has 1 unspecified atom stereocenters. The number of halogens is 1. The molecule has 0 saturated heterocycles. The molecule has 0 radical (unpaired) electrons. The highest BCUT2D eigenvalue weighted by atomic mass is 35.5. The van der Waals surface area contributed by atoms with Gasteiger partial charge in [0.25, 0.3) is 5.91 Å². The van der Waals surface area contributed by atoms with Crippen LogP contribution in [0.1, 0.15) is 13.3 Å². The summed E-state index contributed by atoms with van der Waals surface area (Å²) in [7, 11) is 1.52. The number of carbonyl (C=O) groups excluding carboxylic acids is 1. The van der Waals surface area contributed by atoms with Gasteiger partial charge < -0.3 is 15.8 Å². The second-order valence-corrected chi connectivity index (χ2v) is 3.21. The molecule has 0 spiro atoms. The first-order chi connectivity index (χ1) is 7.19. The summed E-state index contributed by atoms with van der Waals surface area (Å²) in [5, 5.41) is 2.72. The monoisotopic (exact) mass is 244 g/mol. The second kappa shape index (κ2) is 7.09. The van der Waals surface area contributed by atoms with E-state index in [4.69, 9.17) is 10.5 Å². The quantitative estimate of drug-likeness (QED) is 0.797. The predicted molar refractivity (Wildman–Crippen MR) is 67.8 cm³/mol. The number of nitrogen functional groups attached to an aromatic ring is 1. The molecule has 0 heterocycles. The largest absolute Gasteiger partial charge is 0.397 e. The number of rotatable bonds is 4. The number of hydrogen-bond donors (Lipinski definition) is 2. The molecule has 1 amide bonds. The zero-order valence-electron chi connectivity index (χ0n) is 9.40. The molecule has 90 valence electrons. The van der Waals surface area contributed by atoms with Crippen molar-refractivity contribution in [3.05, 3.63) is 24.3 Å². The van der Waals surface area contributed by atoms with E-state index in [1.807, 2.05) is 19.1 Å². The van der Waals surface area contributed by atoms with E-state index in [-0.39, 0.29) is 18.3 Å². The average Bonchev–Trinajstić information content (AvgIpc) is 2.23. The standard InChI is InChI=1S/C11H16N2O2.ClH/c1-3-10(15-2)11(14)13-9-7-5-4-6-8(9)12;/h4-7,10H,3,12H2,1-2H3,(H,13,14);1H. The van der Waals surface area contributed by atoms with Crippen molar-refractivity contribution in [2.45, 2.75) is 19.4 Å². The lowest BCUT2D eigenvalue weighted by Crippen LogP contribution is -2.29. The maximum atomic E-state index is 11.6. The Morgan fingerprint density at radius 2 is 2.12 bits per heavy atom. The number of nitrogens with two attached hydrogens (primary N) is 1. The minimum Gasteiger partial charge on any atom is -0.397 e. The van der Waals surface area contributed by atoms with Gasteiger partial charge in [-0.15, -0.1) is 12.4 Å². The molecule has 4 nitrogen and oxygen atoms in total. The minimum absolute atomic E-state index is 0. The van der Waals surface area contributed by atoms with E-state index in [0.717, 1.165) is 0 Å². The van der Waals surface area contributed by atoms with Crippen LogP contribution in [0.25, 0.3) is 0 Å². The predicted octanol–water partition coefficient (Wildman–Crippen LogP) is 2.05. The molecule has 0 bridgehead atoms. The van der Waals surface area contributed by atoms with Crippen LogP contribution in [-0.4, -0.2) is 19.1 Å². The van der Waals surface area contributed by atoms with Crippen LogP contribution in [0.4, 0.5) is 11.4 Å². The summed E-state index contributed by atoms with van der Waals surface area (Å²) in [6, 6.07) is 7.14. The highest BCUT2D eigenvalue weighted by Gasteiger charge is 2.15. The van der Waals surface area contributed by atoms with Gasteiger partial charge >= 0.3 is 0 Å². The first-order valence-corrected chi connectivity index (χ1v) is 4.87. The molecule has 0 aromatic heterocycles. The van der Waals surface area contributed by atoms with Crippen molar-refractivity contribution < 1.29 is 9.53 Å². The lowest BCUT2D eigenvalue weighted by molar-refractivity contribution is -0.125. The maximum absolute atomic E-state index is 11.6. The van der Waals surface area contributed by atoms with Gasteiger partial charge in [-0.25, -0.2) is 0 Å². The Labute approximate surface area is 102 Å². The number of nitrogens with one attached hydrogen (secondary N) is 1. The third kappa shape index (κ3) is 3.72. The summed E-state index contributed by atoms with van der Waals surface area (Å²) in [6.45, 7) is 1.89. The molecule has 3 N–H and O–H groups in total. The first kappa shape index (κ1) is 14.7. The molecule has 0 aliphatic heterocycles. The van der Waals surface area contributed by atoms with Gasteiger partial charge in [0.2, 0.25) is 0 Å². The number of anilines is 2. The summed E-state index contributed by atoms with van der Waals surface area (Å²) in [5.74, 6) is -0.169. The third-order valence-electron chi connectivity index (χ3n) is 2.17. The number of benzene rings is 1. The summed E-state index contributed by atoms with van der Waals surface area (Å²) < 4.78 is 5.02. The molecule has 1 atom stereocenters. The summed E-state index contributed by atoms with van der Waals surface area (Å²) >= 11 is 0. The number of methoxy groups -OCH3 is 1. The molecular weight excluding hydrogens is 228 g/mol. The average molecular weight is 245 g/mol. The lowest BCUT2D eigenvalue weighted by Gasteiger charge is -2.14. The molecule has 1 aromatic carbocycles. The van der Waals surface area contributed by atoms with Crippen LogP contribution in [0.5, 0.6) is 0 Å². The number of carbonyl (C=O) groups is 1. The van der Waals surface area contributed by atoms with Crippen molar-refractivity contribution in [3.8, 4) is 0 Å². The zero-order chi connectivity index (χ0) is 11.3. The van der Waals surface area contributed by atoms with Gasteiger partial charge in [-0.05, 0) is 18.6 Å². The van der Waals surface area contributed by atoms with Crippen LogP contribution in [-0.2, 0) is 9.53 Å². The van der Waals surface area contributed by atoms with Gasteiger partial charge in [0, 0.05) is 7.11 Å². The fourth-order valence-corrected chi connectivity index (χ4v) is 1.28. The van der Waals surface area contributed by atoms with Crippen LogP contribution in [0.2, 0.25) is 0 Å². The lowest BCUT2D eigenvalue weighted by atomic mass is 10.2. The summed E-state index contributed by atoms with van der Waals surface area (Å²) in [5.41, 5.74) is 6.87. The van der Waals surface area contributed by atoms with Crippen molar-refractivity contribution in [2.75, 3.05) is 18.2 Å². The van der Waals surface area contributed by atoms with Gasteiger partial charge in [-0.3, -0.25) is 4.79 Å².